The van der Waals surface area contributed by atoms with Crippen molar-refractivity contribution in [1.82, 2.24) is 40.2 Å². The van der Waals surface area contributed by atoms with E-state index < -0.39 is 55.5 Å². The van der Waals surface area contributed by atoms with Gasteiger partial charge in [0.2, 0.25) is 11.8 Å². The topological polar surface area (TPSA) is 119 Å². The molecule has 2 aliphatic rings. The van der Waals surface area contributed by atoms with E-state index in [-0.39, 0.29) is 49.8 Å². The second-order valence-corrected chi connectivity index (χ2v) is 10.9. The average molecular weight is 601 g/mol. The van der Waals surface area contributed by atoms with E-state index in [1.54, 1.807) is 12.3 Å². The molecular weight excluding hydrogens is 570 g/mol. The second kappa shape index (κ2) is 11.9. The number of imidazole rings is 1. The van der Waals surface area contributed by atoms with Crippen molar-refractivity contribution in [2.75, 3.05) is 6.67 Å². The van der Waals surface area contributed by atoms with Gasteiger partial charge in [0.25, 0.3) is 5.91 Å². The van der Waals surface area contributed by atoms with Gasteiger partial charge in [0, 0.05) is 19.3 Å². The Bertz CT molecular complexity index is 1410. The molecule has 0 aromatic carbocycles. The lowest BCUT2D eigenvalue weighted by molar-refractivity contribution is -0.144. The lowest BCUT2D eigenvalue weighted by Gasteiger charge is -2.33. The van der Waals surface area contributed by atoms with Crippen LogP contribution in [0.2, 0.25) is 0 Å². The third-order valence-electron chi connectivity index (χ3n) is 7.66. The summed E-state index contributed by atoms with van der Waals surface area (Å²) in [5.41, 5.74) is 1.24. The van der Waals surface area contributed by atoms with Gasteiger partial charge in [0.15, 0.2) is 11.3 Å². The molecule has 16 heteroatoms. The third kappa shape index (κ3) is 7.37. The van der Waals surface area contributed by atoms with Crippen LogP contribution < -0.4 is 10.6 Å². The number of nitrogens with zero attached hydrogens (tertiary/aromatic N) is 6. The minimum Gasteiger partial charge on any atom is -0.349 e. The summed E-state index contributed by atoms with van der Waals surface area (Å²) in [6.07, 6.45) is -0.902. The minimum absolute atomic E-state index is 0.0558. The number of carbonyl (C=O) groups excluding carboxylic acids is 2. The number of rotatable bonds is 11. The van der Waals surface area contributed by atoms with Crippen molar-refractivity contribution in [1.29, 1.82) is 0 Å². The van der Waals surface area contributed by atoms with Crippen molar-refractivity contribution in [3.8, 4) is 0 Å². The van der Waals surface area contributed by atoms with Gasteiger partial charge in [0.05, 0.1) is 49.3 Å². The fraction of sp³-hybridized carbons (Fsp3) is 0.615. The maximum atomic E-state index is 13.9. The normalized spacial score (nSPS) is 19.0. The highest BCUT2D eigenvalue weighted by molar-refractivity contribution is 5.92. The first-order valence-electron chi connectivity index (χ1n) is 13.8. The Balaban J connectivity index is 1.38. The molecule has 0 radical (unpaired) electrons. The molecule has 10 nitrogen and oxygen atoms in total. The first-order chi connectivity index (χ1) is 19.9. The summed E-state index contributed by atoms with van der Waals surface area (Å²) in [4.78, 5) is 31.0. The van der Waals surface area contributed by atoms with Crippen LogP contribution in [-0.4, -0.2) is 60.2 Å². The van der Waals surface area contributed by atoms with E-state index in [0.29, 0.717) is 16.9 Å². The summed E-state index contributed by atoms with van der Waals surface area (Å²) < 4.78 is 79.7. The van der Waals surface area contributed by atoms with Crippen molar-refractivity contribution in [3.63, 3.8) is 0 Å². The van der Waals surface area contributed by atoms with Crippen molar-refractivity contribution >= 4 is 17.5 Å². The molecule has 0 spiro atoms. The summed E-state index contributed by atoms with van der Waals surface area (Å²) in [6, 6.07) is 0.359. The monoisotopic (exact) mass is 600 g/mol. The molecule has 2 N–H and O–H groups in total. The lowest BCUT2D eigenvalue weighted by Crippen LogP contribution is -2.37. The van der Waals surface area contributed by atoms with E-state index in [1.165, 1.54) is 16.9 Å². The van der Waals surface area contributed by atoms with E-state index in [0.717, 1.165) is 17.6 Å². The van der Waals surface area contributed by atoms with E-state index in [9.17, 15) is 35.9 Å². The van der Waals surface area contributed by atoms with E-state index >= 15 is 0 Å². The third-order valence-corrected chi connectivity index (χ3v) is 7.66. The standard InChI is InChI=1S/C26H30F6N8O2/c27-9-10-40-34-13-18(38-40)24(42)37-23(16-3-6-25(28,29)7-4-16)19-14-39-20(35-19)11-17(12-33-39)22(15-1-2-15)36-21(41)5-8-26(30,31)32/h11-16,22-23H,1-10H2,(H,36,41)(H,37,42)/t22?,23-/m0/s1. The molecule has 2 atom stereocenters. The fourth-order valence-corrected chi connectivity index (χ4v) is 5.26. The summed E-state index contributed by atoms with van der Waals surface area (Å²) in [6.45, 7) is -0.844. The van der Waals surface area contributed by atoms with Gasteiger partial charge in [0.1, 0.15) is 6.67 Å². The van der Waals surface area contributed by atoms with Crippen LogP contribution in [0, 0.1) is 11.8 Å². The van der Waals surface area contributed by atoms with Crippen LogP contribution in [-0.2, 0) is 11.3 Å². The molecule has 3 aromatic heterocycles. The molecule has 2 saturated carbocycles. The van der Waals surface area contributed by atoms with Crippen LogP contribution in [0.3, 0.4) is 0 Å². The Morgan fingerprint density at radius 1 is 1.02 bits per heavy atom. The second-order valence-electron chi connectivity index (χ2n) is 10.9. The van der Waals surface area contributed by atoms with Crippen LogP contribution >= 0.6 is 0 Å². The Labute approximate surface area is 236 Å². The van der Waals surface area contributed by atoms with Gasteiger partial charge in [-0.2, -0.15) is 28.2 Å². The molecule has 2 aliphatic carbocycles. The van der Waals surface area contributed by atoms with Crippen LogP contribution in [0.15, 0.2) is 24.7 Å². The molecule has 42 heavy (non-hydrogen) atoms. The van der Waals surface area contributed by atoms with Crippen molar-refractivity contribution in [3.05, 3.63) is 41.6 Å². The molecule has 0 aliphatic heterocycles. The number of hydrogen-bond acceptors (Lipinski definition) is 6. The molecule has 3 aromatic rings. The number of nitrogens with one attached hydrogen (secondary N) is 2. The van der Waals surface area contributed by atoms with E-state index in [1.807, 2.05) is 0 Å². The van der Waals surface area contributed by atoms with Crippen molar-refractivity contribution in [2.45, 2.75) is 82.1 Å². The van der Waals surface area contributed by atoms with Gasteiger partial charge in [-0.05, 0) is 49.1 Å². The number of alkyl halides is 6. The molecule has 2 fully saturated rings. The van der Waals surface area contributed by atoms with Gasteiger partial charge in [-0.1, -0.05) is 0 Å². The van der Waals surface area contributed by atoms with Gasteiger partial charge in [-0.3, -0.25) is 9.59 Å². The average Bonchev–Trinajstić information content (AvgIpc) is 3.50. The molecule has 5 rings (SSSR count). The molecule has 228 valence electrons. The van der Waals surface area contributed by atoms with Crippen LogP contribution in [0.25, 0.3) is 5.65 Å². The van der Waals surface area contributed by atoms with Gasteiger partial charge >= 0.3 is 6.18 Å². The number of hydrogen-bond donors (Lipinski definition) is 2. The number of carbonyl (C=O) groups is 2. The quantitative estimate of drug-likeness (QED) is 0.313. The number of aryl methyl sites for hydroxylation is 1. The zero-order valence-electron chi connectivity index (χ0n) is 22.5. The van der Waals surface area contributed by atoms with E-state index in [4.69, 9.17) is 0 Å². The molecule has 0 bridgehead atoms. The summed E-state index contributed by atoms with van der Waals surface area (Å²) in [5.74, 6) is -4.44. The zero-order chi connectivity index (χ0) is 30.1. The van der Waals surface area contributed by atoms with Gasteiger partial charge in [-0.25, -0.2) is 22.7 Å². The molecule has 2 amide bonds. The highest BCUT2D eigenvalue weighted by atomic mass is 19.4. The first-order valence-corrected chi connectivity index (χ1v) is 13.8. The number of fused-ring (bicyclic) bond motifs is 1. The fourth-order valence-electron chi connectivity index (χ4n) is 5.26. The predicted octanol–water partition coefficient (Wildman–Crippen LogP) is 4.50. The van der Waals surface area contributed by atoms with Crippen molar-refractivity contribution < 1.29 is 35.9 Å². The summed E-state index contributed by atoms with van der Waals surface area (Å²) in [5, 5.41) is 17.7. The molecule has 1 unspecified atom stereocenters. The molecule has 0 saturated heterocycles. The summed E-state index contributed by atoms with van der Waals surface area (Å²) in [7, 11) is 0. The van der Waals surface area contributed by atoms with Gasteiger partial charge in [-0.15, -0.1) is 5.10 Å². The zero-order valence-corrected chi connectivity index (χ0v) is 22.5. The Kier molecular flexibility index (Phi) is 8.42. The first kappa shape index (κ1) is 29.8. The maximum absolute atomic E-state index is 13.9. The molecule has 3 heterocycles. The van der Waals surface area contributed by atoms with Crippen molar-refractivity contribution in [2.24, 2.45) is 11.8 Å². The number of halogens is 6. The number of amides is 2. The summed E-state index contributed by atoms with van der Waals surface area (Å²) >= 11 is 0. The van der Waals surface area contributed by atoms with Crippen LogP contribution in [0.4, 0.5) is 26.3 Å². The van der Waals surface area contributed by atoms with Gasteiger partial charge < -0.3 is 10.6 Å². The number of aromatic nitrogens is 6. The van der Waals surface area contributed by atoms with Crippen LogP contribution in [0.5, 0.6) is 0 Å². The SMILES string of the molecule is O=C(CCC(F)(F)F)NC(c1cnn2cc([C@@H](NC(=O)c3cnn(CCF)n3)C3CCC(F)(F)CC3)nc2c1)C1CC1. The van der Waals surface area contributed by atoms with Crippen LogP contribution in [0.1, 0.15) is 85.2 Å². The molecular formula is C26H30F6N8O2. The maximum Gasteiger partial charge on any atom is 0.389 e. The highest BCUT2D eigenvalue weighted by Gasteiger charge is 2.40. The Hall–Kier alpha value is -3.72. The Morgan fingerprint density at radius 3 is 2.40 bits per heavy atom. The smallest absolute Gasteiger partial charge is 0.349 e. The lowest BCUT2D eigenvalue weighted by atomic mass is 9.81. The Morgan fingerprint density at radius 2 is 1.74 bits per heavy atom. The van der Waals surface area contributed by atoms with E-state index in [2.05, 4.69) is 30.9 Å². The largest absolute Gasteiger partial charge is 0.389 e. The predicted molar refractivity (Wildman–Crippen MR) is 135 cm³/mol. The highest BCUT2D eigenvalue weighted by Crippen LogP contribution is 2.43. The minimum atomic E-state index is -4.44.